The number of nitrogens with one attached hydrogen (secondary N) is 1. The first-order chi connectivity index (χ1) is 21.4. The topological polar surface area (TPSA) is 160 Å². The van der Waals surface area contributed by atoms with Crippen molar-refractivity contribution in [2.24, 2.45) is 0 Å². The minimum absolute atomic E-state index is 0.0619. The van der Waals surface area contributed by atoms with Gasteiger partial charge in [0.15, 0.2) is 18.4 Å². The summed E-state index contributed by atoms with van der Waals surface area (Å²) >= 11 is 0. The van der Waals surface area contributed by atoms with Crippen molar-refractivity contribution in [3.05, 3.63) is 140 Å². The second kappa shape index (κ2) is 13.6. The zero-order valence-electron chi connectivity index (χ0n) is 23.1. The predicted octanol–water partition coefficient (Wildman–Crippen LogP) is 2.48. The highest BCUT2D eigenvalue weighted by molar-refractivity contribution is 5.91. The third kappa shape index (κ3) is 6.71. The van der Waals surface area contributed by atoms with Gasteiger partial charge in [-0.25, -0.2) is 19.2 Å². The molecule has 1 saturated heterocycles. The molecule has 1 fully saturated rings. The van der Waals surface area contributed by atoms with Crippen molar-refractivity contribution in [2.45, 2.75) is 31.0 Å². The number of carbonyl (C=O) groups is 4. The molecule has 0 bridgehead atoms. The Kier molecular flexibility index (Phi) is 9.21. The van der Waals surface area contributed by atoms with Crippen molar-refractivity contribution >= 4 is 24.2 Å². The smallest absolute Gasteiger partial charge is 0.338 e. The predicted molar refractivity (Wildman–Crippen MR) is 153 cm³/mol. The van der Waals surface area contributed by atoms with Gasteiger partial charge < -0.3 is 23.7 Å². The highest BCUT2D eigenvalue weighted by Crippen LogP contribution is 2.35. The van der Waals surface area contributed by atoms with Gasteiger partial charge in [-0.05, 0) is 36.4 Å². The van der Waals surface area contributed by atoms with Crippen molar-refractivity contribution in [3.8, 4) is 0 Å². The molecule has 0 radical (unpaired) electrons. The van der Waals surface area contributed by atoms with Gasteiger partial charge in [0.1, 0.15) is 19.0 Å². The second-order valence-corrected chi connectivity index (χ2v) is 9.69. The molecule has 12 heteroatoms. The van der Waals surface area contributed by atoms with Gasteiger partial charge >= 0.3 is 23.6 Å². The molecule has 4 aromatic rings. The zero-order chi connectivity index (χ0) is 31.1. The minimum Gasteiger partial charge on any atom is -0.459 e. The largest absolute Gasteiger partial charge is 0.459 e. The fourth-order valence-corrected chi connectivity index (χ4v) is 4.63. The molecule has 0 aliphatic carbocycles. The lowest BCUT2D eigenvalue weighted by molar-refractivity contribution is -0.107. The van der Waals surface area contributed by atoms with Gasteiger partial charge in [-0.1, -0.05) is 54.6 Å². The summed E-state index contributed by atoms with van der Waals surface area (Å²) in [5.41, 5.74) is -1.19. The summed E-state index contributed by atoms with van der Waals surface area (Å²) in [6, 6.07) is 24.1. The number of hydrogen-bond acceptors (Lipinski definition) is 10. The van der Waals surface area contributed by atoms with E-state index in [1.165, 1.54) is 24.3 Å². The number of hydrogen-bond donors (Lipinski definition) is 1. The van der Waals surface area contributed by atoms with E-state index in [1.54, 1.807) is 66.7 Å². The molecular weight excluding hydrogens is 572 g/mol. The summed E-state index contributed by atoms with van der Waals surface area (Å²) in [6.45, 7) is -0.463. The Labute approximate surface area is 249 Å². The highest BCUT2D eigenvalue weighted by atomic mass is 16.7. The number of carbonyl (C=O) groups excluding carboxylic acids is 4. The average Bonchev–Trinajstić information content (AvgIpc) is 3.38. The lowest BCUT2D eigenvalue weighted by Gasteiger charge is -2.25. The summed E-state index contributed by atoms with van der Waals surface area (Å²) < 4.78 is 24.2. The van der Waals surface area contributed by atoms with Crippen LogP contribution >= 0.6 is 0 Å². The summed E-state index contributed by atoms with van der Waals surface area (Å²) in [6.07, 6.45) is -4.29. The SMILES string of the molecule is O=CCc1cn([C@@H]2O[C@H](COC(=O)c3ccccc3)[C@@H](OC(=O)c3ccccc3)[C@H]2OC(=O)c2ccccc2)c(=O)[nH]c1=O. The second-order valence-electron chi connectivity index (χ2n) is 9.69. The number of aromatic nitrogens is 2. The fourth-order valence-electron chi connectivity index (χ4n) is 4.63. The molecule has 4 atom stereocenters. The van der Waals surface area contributed by atoms with E-state index in [-0.39, 0.29) is 28.7 Å². The van der Waals surface area contributed by atoms with Crippen LogP contribution in [0.1, 0.15) is 42.9 Å². The Hall–Kier alpha value is -5.62. The van der Waals surface area contributed by atoms with Crippen molar-refractivity contribution in [1.29, 1.82) is 0 Å². The molecule has 224 valence electrons. The van der Waals surface area contributed by atoms with Gasteiger partial charge in [-0.2, -0.15) is 0 Å². The lowest BCUT2D eigenvalue weighted by Crippen LogP contribution is -2.43. The number of H-pyrrole nitrogens is 1. The Morgan fingerprint density at radius 3 is 1.77 bits per heavy atom. The van der Waals surface area contributed by atoms with Crippen LogP contribution in [0.2, 0.25) is 0 Å². The first-order valence-electron chi connectivity index (χ1n) is 13.5. The van der Waals surface area contributed by atoms with E-state index in [9.17, 15) is 28.8 Å². The van der Waals surface area contributed by atoms with Crippen LogP contribution in [0.3, 0.4) is 0 Å². The van der Waals surface area contributed by atoms with Crippen LogP contribution in [0.5, 0.6) is 0 Å². The van der Waals surface area contributed by atoms with E-state index in [2.05, 4.69) is 4.98 Å². The molecule has 44 heavy (non-hydrogen) atoms. The minimum atomic E-state index is -1.47. The zero-order valence-corrected chi connectivity index (χ0v) is 23.1. The molecule has 1 N–H and O–H groups in total. The standard InChI is InChI=1S/C32H26N2O10/c35-17-16-23-18-34(32(40)33-27(23)36)28-26(44-31(39)22-14-8-3-9-15-22)25(43-30(38)21-12-6-2-7-13-21)24(42-28)19-41-29(37)20-10-4-1-5-11-20/h1-15,17-18,24-26,28H,16,19H2,(H,33,36,40)/t24-,25-,26-,28-/m1/s1. The van der Waals surface area contributed by atoms with Crippen LogP contribution in [0.4, 0.5) is 0 Å². The van der Waals surface area contributed by atoms with E-state index < -0.39 is 60.3 Å². The maximum atomic E-state index is 13.2. The first-order valence-corrected chi connectivity index (χ1v) is 13.5. The maximum absolute atomic E-state index is 13.2. The number of aldehydes is 1. The van der Waals surface area contributed by atoms with E-state index in [1.807, 2.05) is 0 Å². The summed E-state index contributed by atoms with van der Waals surface area (Å²) in [5.74, 6) is -2.31. The van der Waals surface area contributed by atoms with Crippen molar-refractivity contribution in [3.63, 3.8) is 0 Å². The van der Waals surface area contributed by atoms with Crippen LogP contribution in [-0.4, -0.2) is 58.7 Å². The number of rotatable bonds is 10. The van der Waals surface area contributed by atoms with Crippen LogP contribution < -0.4 is 11.2 Å². The van der Waals surface area contributed by atoms with E-state index in [4.69, 9.17) is 18.9 Å². The summed E-state index contributed by atoms with van der Waals surface area (Å²) in [4.78, 5) is 77.8. The molecule has 1 aromatic heterocycles. The van der Waals surface area contributed by atoms with Crippen LogP contribution in [-0.2, 0) is 30.2 Å². The van der Waals surface area contributed by atoms with E-state index >= 15 is 0 Å². The fraction of sp³-hybridized carbons (Fsp3) is 0.188. The molecule has 1 aliphatic rings. The van der Waals surface area contributed by atoms with E-state index in [0.717, 1.165) is 10.8 Å². The number of ether oxygens (including phenoxy) is 4. The van der Waals surface area contributed by atoms with Crippen LogP contribution in [0, 0.1) is 0 Å². The molecule has 0 unspecified atom stereocenters. The van der Waals surface area contributed by atoms with Gasteiger partial charge in [0.2, 0.25) is 0 Å². The molecule has 0 saturated carbocycles. The third-order valence-electron chi connectivity index (χ3n) is 6.80. The quantitative estimate of drug-likeness (QED) is 0.163. The number of aromatic amines is 1. The number of esters is 3. The molecule has 0 amide bonds. The molecule has 0 spiro atoms. The summed E-state index contributed by atoms with van der Waals surface area (Å²) in [5, 5.41) is 0. The Balaban J connectivity index is 1.54. The average molecular weight is 599 g/mol. The monoisotopic (exact) mass is 598 g/mol. The molecule has 3 aromatic carbocycles. The van der Waals surface area contributed by atoms with Crippen molar-refractivity contribution in [2.75, 3.05) is 6.61 Å². The summed E-state index contributed by atoms with van der Waals surface area (Å²) in [7, 11) is 0. The number of nitrogens with zero attached hydrogens (tertiary/aromatic N) is 1. The number of benzene rings is 3. The molecule has 1 aliphatic heterocycles. The van der Waals surface area contributed by atoms with Crippen LogP contribution in [0.15, 0.2) is 107 Å². The highest BCUT2D eigenvalue weighted by Gasteiger charge is 2.51. The molecular formula is C32H26N2O10. The van der Waals surface area contributed by atoms with Crippen molar-refractivity contribution in [1.82, 2.24) is 9.55 Å². The van der Waals surface area contributed by atoms with Gasteiger partial charge in [0.25, 0.3) is 5.56 Å². The molecule has 12 nitrogen and oxygen atoms in total. The molecule has 2 heterocycles. The van der Waals surface area contributed by atoms with Crippen LogP contribution in [0.25, 0.3) is 0 Å². The Morgan fingerprint density at radius 1 is 0.750 bits per heavy atom. The van der Waals surface area contributed by atoms with Gasteiger partial charge in [-0.3, -0.25) is 14.3 Å². The van der Waals surface area contributed by atoms with Crippen molar-refractivity contribution < 1.29 is 38.1 Å². The third-order valence-corrected chi connectivity index (χ3v) is 6.80. The van der Waals surface area contributed by atoms with Gasteiger partial charge in [-0.15, -0.1) is 0 Å². The lowest BCUT2D eigenvalue weighted by atomic mass is 10.1. The van der Waals surface area contributed by atoms with Gasteiger partial charge in [0.05, 0.1) is 16.7 Å². The molecule has 5 rings (SSSR count). The van der Waals surface area contributed by atoms with Gasteiger partial charge in [0, 0.05) is 18.2 Å². The Bertz CT molecular complexity index is 1750. The first kappa shape index (κ1) is 29.9. The normalized spacial score (nSPS) is 19.1. The Morgan fingerprint density at radius 2 is 1.25 bits per heavy atom. The maximum Gasteiger partial charge on any atom is 0.338 e. The van der Waals surface area contributed by atoms with E-state index in [0.29, 0.717) is 6.29 Å².